The lowest BCUT2D eigenvalue weighted by molar-refractivity contribution is 0.480. The highest BCUT2D eigenvalue weighted by molar-refractivity contribution is 7.19. The molecule has 1 aromatic carbocycles. The topological polar surface area (TPSA) is 42.7 Å². The van der Waals surface area contributed by atoms with Gasteiger partial charge in [-0.25, -0.2) is 9.67 Å². The zero-order chi connectivity index (χ0) is 14.8. The van der Waals surface area contributed by atoms with Gasteiger partial charge in [0, 0.05) is 28.1 Å². The first-order chi connectivity index (χ1) is 10.2. The molecule has 0 saturated carbocycles. The molecule has 1 atom stereocenters. The molecule has 3 aromatic rings. The lowest BCUT2D eigenvalue weighted by atomic mass is 10.1. The van der Waals surface area contributed by atoms with Gasteiger partial charge in [0.2, 0.25) is 0 Å². The number of benzene rings is 1. The number of nitrogens with zero attached hydrogens (tertiary/aromatic N) is 3. The summed E-state index contributed by atoms with van der Waals surface area (Å²) in [4.78, 5) is 5.77. The van der Waals surface area contributed by atoms with Crippen LogP contribution in [0, 0.1) is 0 Å². The van der Waals surface area contributed by atoms with Crippen molar-refractivity contribution in [1.82, 2.24) is 20.1 Å². The first-order valence-electron chi connectivity index (χ1n) is 7.23. The molecule has 0 aliphatic rings. The van der Waals surface area contributed by atoms with E-state index in [4.69, 9.17) is 0 Å². The van der Waals surface area contributed by atoms with Crippen LogP contribution < -0.4 is 5.32 Å². The molecule has 1 unspecified atom stereocenters. The van der Waals surface area contributed by atoms with E-state index in [0.717, 1.165) is 12.2 Å². The van der Waals surface area contributed by atoms with E-state index in [0.29, 0.717) is 6.04 Å². The summed E-state index contributed by atoms with van der Waals surface area (Å²) in [6.07, 6.45) is 2.49. The molecule has 0 aliphatic carbocycles. The fourth-order valence-electron chi connectivity index (χ4n) is 2.55. The predicted octanol–water partition coefficient (Wildman–Crippen LogP) is 3.58. The van der Waals surface area contributed by atoms with Crippen LogP contribution in [0.2, 0.25) is 0 Å². The molecule has 1 N–H and O–H groups in total. The van der Waals surface area contributed by atoms with Crippen LogP contribution in [0.15, 0.2) is 36.7 Å². The van der Waals surface area contributed by atoms with Gasteiger partial charge in [-0.3, -0.25) is 0 Å². The van der Waals surface area contributed by atoms with E-state index in [-0.39, 0.29) is 6.04 Å². The number of aromatic nitrogens is 3. The predicted molar refractivity (Wildman–Crippen MR) is 87.7 cm³/mol. The number of thiophene rings is 1. The molecular weight excluding hydrogens is 280 g/mol. The minimum atomic E-state index is 0.268. The van der Waals surface area contributed by atoms with Crippen molar-refractivity contribution in [2.24, 2.45) is 0 Å². The van der Waals surface area contributed by atoms with Crippen LogP contribution >= 0.6 is 11.3 Å². The molecule has 0 saturated heterocycles. The van der Waals surface area contributed by atoms with Crippen LogP contribution in [-0.4, -0.2) is 21.8 Å². The maximum Gasteiger partial charge on any atom is 0.138 e. The second kappa shape index (κ2) is 5.95. The van der Waals surface area contributed by atoms with Gasteiger partial charge < -0.3 is 5.32 Å². The van der Waals surface area contributed by atoms with E-state index >= 15 is 0 Å². The zero-order valence-electron chi connectivity index (χ0n) is 12.6. The summed E-state index contributed by atoms with van der Waals surface area (Å²) in [7, 11) is 2.01. The molecule has 3 rings (SSSR count). The van der Waals surface area contributed by atoms with Gasteiger partial charge in [0.1, 0.15) is 12.2 Å². The van der Waals surface area contributed by atoms with Crippen molar-refractivity contribution < 1.29 is 0 Å². The highest BCUT2D eigenvalue weighted by Crippen LogP contribution is 2.31. The maximum atomic E-state index is 4.42. The fourth-order valence-corrected chi connectivity index (χ4v) is 3.73. The molecule has 0 bridgehead atoms. The molecule has 4 nitrogen and oxygen atoms in total. The van der Waals surface area contributed by atoms with Crippen molar-refractivity contribution >= 4 is 21.4 Å². The van der Waals surface area contributed by atoms with E-state index in [2.05, 4.69) is 59.6 Å². The third-order valence-electron chi connectivity index (χ3n) is 3.66. The van der Waals surface area contributed by atoms with Crippen LogP contribution in [-0.2, 0) is 6.42 Å². The summed E-state index contributed by atoms with van der Waals surface area (Å²) in [6.45, 7) is 4.26. The molecule has 110 valence electrons. The molecule has 2 aromatic heterocycles. The molecule has 0 spiro atoms. The van der Waals surface area contributed by atoms with Crippen molar-refractivity contribution in [1.29, 1.82) is 0 Å². The van der Waals surface area contributed by atoms with E-state index in [1.54, 1.807) is 6.33 Å². The number of hydrogen-bond donors (Lipinski definition) is 1. The number of likely N-dealkylation sites (N-methyl/N-ethyl adjacent to an activating group) is 1. The van der Waals surface area contributed by atoms with Gasteiger partial charge in [-0.2, -0.15) is 5.10 Å². The SMILES string of the molecule is CNC(Cc1ncnn1C(C)C)c1cc2ccccc2s1. The maximum absolute atomic E-state index is 4.42. The van der Waals surface area contributed by atoms with Gasteiger partial charge in [0.15, 0.2) is 0 Å². The summed E-state index contributed by atoms with van der Waals surface area (Å²) in [5.41, 5.74) is 0. The largest absolute Gasteiger partial charge is 0.312 e. The van der Waals surface area contributed by atoms with Gasteiger partial charge in [-0.05, 0) is 38.4 Å². The average molecular weight is 300 g/mol. The van der Waals surface area contributed by atoms with E-state index in [1.165, 1.54) is 15.0 Å². The smallest absolute Gasteiger partial charge is 0.138 e. The molecule has 0 fully saturated rings. The van der Waals surface area contributed by atoms with Crippen molar-refractivity contribution in [3.63, 3.8) is 0 Å². The first kappa shape index (κ1) is 14.2. The molecule has 21 heavy (non-hydrogen) atoms. The van der Waals surface area contributed by atoms with Gasteiger partial charge in [0.25, 0.3) is 0 Å². The zero-order valence-corrected chi connectivity index (χ0v) is 13.4. The lowest BCUT2D eigenvalue weighted by Gasteiger charge is -2.16. The summed E-state index contributed by atoms with van der Waals surface area (Å²) >= 11 is 1.85. The highest BCUT2D eigenvalue weighted by Gasteiger charge is 2.17. The Labute approximate surface area is 128 Å². The Morgan fingerprint density at radius 3 is 2.81 bits per heavy atom. The Morgan fingerprint density at radius 2 is 2.10 bits per heavy atom. The Morgan fingerprint density at radius 1 is 1.29 bits per heavy atom. The standard InChI is InChI=1S/C16H20N4S/c1-11(2)20-16(18-10-19-20)9-13(17-3)15-8-12-6-4-5-7-14(12)21-15/h4-8,10-11,13,17H,9H2,1-3H3. The quantitative estimate of drug-likeness (QED) is 0.783. The summed E-state index contributed by atoms with van der Waals surface area (Å²) in [5, 5.41) is 9.04. The third-order valence-corrected chi connectivity index (χ3v) is 4.89. The van der Waals surface area contributed by atoms with E-state index < -0.39 is 0 Å². The molecule has 2 heterocycles. The van der Waals surface area contributed by atoms with Crippen LogP contribution in [0.5, 0.6) is 0 Å². The molecule has 0 radical (unpaired) electrons. The highest BCUT2D eigenvalue weighted by atomic mass is 32.1. The molecule has 0 aliphatic heterocycles. The van der Waals surface area contributed by atoms with Crippen molar-refractivity contribution in [2.45, 2.75) is 32.4 Å². The lowest BCUT2D eigenvalue weighted by Crippen LogP contribution is -2.20. The first-order valence-corrected chi connectivity index (χ1v) is 8.05. The number of rotatable bonds is 5. The van der Waals surface area contributed by atoms with Gasteiger partial charge in [-0.15, -0.1) is 11.3 Å². The number of hydrogen-bond acceptors (Lipinski definition) is 4. The average Bonchev–Trinajstić information content (AvgIpc) is 3.10. The minimum Gasteiger partial charge on any atom is -0.312 e. The van der Waals surface area contributed by atoms with Gasteiger partial charge in [0.05, 0.1) is 0 Å². The number of nitrogens with one attached hydrogen (secondary N) is 1. The van der Waals surface area contributed by atoms with Crippen LogP contribution in [0.25, 0.3) is 10.1 Å². The van der Waals surface area contributed by atoms with Crippen LogP contribution in [0.4, 0.5) is 0 Å². The second-order valence-electron chi connectivity index (χ2n) is 5.45. The minimum absolute atomic E-state index is 0.268. The van der Waals surface area contributed by atoms with Gasteiger partial charge in [-0.1, -0.05) is 18.2 Å². The Hall–Kier alpha value is -1.72. The van der Waals surface area contributed by atoms with Crippen molar-refractivity contribution in [3.05, 3.63) is 47.4 Å². The van der Waals surface area contributed by atoms with E-state index in [9.17, 15) is 0 Å². The summed E-state index contributed by atoms with van der Waals surface area (Å²) < 4.78 is 3.33. The second-order valence-corrected chi connectivity index (χ2v) is 6.56. The molecule has 5 heteroatoms. The Balaban J connectivity index is 1.89. The van der Waals surface area contributed by atoms with Crippen molar-refractivity contribution in [2.75, 3.05) is 7.05 Å². The van der Waals surface area contributed by atoms with E-state index in [1.807, 2.05) is 23.1 Å². The summed E-state index contributed by atoms with van der Waals surface area (Å²) in [6, 6.07) is 11.4. The molecule has 0 amide bonds. The Bertz CT molecular complexity index is 696. The fraction of sp³-hybridized carbons (Fsp3) is 0.375. The Kier molecular flexibility index (Phi) is 4.03. The van der Waals surface area contributed by atoms with Crippen molar-refractivity contribution in [3.8, 4) is 0 Å². The number of fused-ring (bicyclic) bond motifs is 1. The summed E-state index contributed by atoms with van der Waals surface area (Å²) in [5.74, 6) is 1.03. The van der Waals surface area contributed by atoms with Gasteiger partial charge >= 0.3 is 0 Å². The monoisotopic (exact) mass is 300 g/mol. The molecular formula is C16H20N4S. The third kappa shape index (κ3) is 2.84. The van der Waals surface area contributed by atoms with Crippen LogP contribution in [0.3, 0.4) is 0 Å². The normalized spacial score (nSPS) is 13.1. The van der Waals surface area contributed by atoms with Crippen LogP contribution in [0.1, 0.15) is 36.6 Å².